The number of ether oxygens (including phenoxy) is 1. The molecule has 8 fully saturated rings. The van der Waals surface area contributed by atoms with Crippen molar-refractivity contribution in [2.45, 2.75) is 87.9 Å². The van der Waals surface area contributed by atoms with Crippen LogP contribution in [-0.2, 0) is 25.5 Å². The molecule has 0 heterocycles. The van der Waals surface area contributed by atoms with Gasteiger partial charge in [0, 0.05) is 28.5 Å². The fourth-order valence-electron chi connectivity index (χ4n) is 12.2. The van der Waals surface area contributed by atoms with Crippen molar-refractivity contribution in [3.05, 3.63) is 77.4 Å². The standard InChI is InChI=1S/C40H45NO2.3ClH.Ti/c1-43-37-9-5-3-7-34(37)33-6-2-4-8-36(33)41-24-31-16-32(39-18-25-10-26(19-39)12-27(11-25)20-39)17-35(38(31)42)40-21-28-13-29(22-40)15-30(14-28)23-40;;;;/h2-9,16-17,24-30,42H,10-15,18-23H2,1H3;3*1H;/q;;;;+3/p-3. The number of phenols is 1. The number of rotatable bonds is 6. The number of nitrogens with zero attached hydrogens (tertiary/aromatic N) is 1. The van der Waals surface area contributed by atoms with Crippen molar-refractivity contribution in [3.8, 4) is 22.6 Å². The van der Waals surface area contributed by atoms with Gasteiger partial charge in [0.1, 0.15) is 11.5 Å². The number of hydrogen-bond donors (Lipinski definition) is 1. The molecule has 3 nitrogen and oxygen atoms in total. The van der Waals surface area contributed by atoms with Crippen LogP contribution < -0.4 is 4.74 Å². The summed E-state index contributed by atoms with van der Waals surface area (Å²) in [4.78, 5) is 5.12. The van der Waals surface area contributed by atoms with E-state index in [0.29, 0.717) is 5.75 Å². The monoisotopic (exact) mass is 724 g/mol. The zero-order chi connectivity index (χ0) is 32.3. The van der Waals surface area contributed by atoms with Gasteiger partial charge in [0.05, 0.1) is 12.8 Å². The molecule has 0 spiro atoms. The Morgan fingerprint density at radius 1 is 0.702 bits per heavy atom. The van der Waals surface area contributed by atoms with E-state index in [1.54, 1.807) is 7.11 Å². The third kappa shape index (κ3) is 6.24. The first-order valence-electron chi connectivity index (χ1n) is 17.7. The fraction of sp³-hybridized carbons (Fsp3) is 0.525. The van der Waals surface area contributed by atoms with Crippen molar-refractivity contribution in [3.63, 3.8) is 0 Å². The van der Waals surface area contributed by atoms with Crippen molar-refractivity contribution >= 4 is 39.8 Å². The number of phenolic OH excluding ortho intramolecular Hbond substituents is 1. The van der Waals surface area contributed by atoms with Gasteiger partial charge in [-0.2, -0.15) is 0 Å². The van der Waals surface area contributed by atoms with E-state index in [1.165, 1.54) is 88.2 Å². The molecule has 247 valence electrons. The molecule has 3 aromatic carbocycles. The van der Waals surface area contributed by atoms with Crippen LogP contribution in [0.4, 0.5) is 5.69 Å². The number of para-hydroxylation sites is 2. The van der Waals surface area contributed by atoms with Gasteiger partial charge in [-0.05, 0) is 147 Å². The molecule has 0 aliphatic heterocycles. The van der Waals surface area contributed by atoms with E-state index < -0.39 is 14.7 Å². The first-order valence-corrected chi connectivity index (χ1v) is 24.1. The predicted octanol–water partition coefficient (Wildman–Crippen LogP) is 11.8. The molecule has 8 aliphatic rings. The van der Waals surface area contributed by atoms with Crippen LogP contribution >= 0.6 is 27.9 Å². The summed E-state index contributed by atoms with van der Waals surface area (Å²) in [7, 11) is 16.6. The summed E-state index contributed by atoms with van der Waals surface area (Å²) >= 11 is -1.92. The molecule has 0 atom stereocenters. The normalized spacial score (nSPS) is 34.4. The second kappa shape index (κ2) is 13.0. The Morgan fingerprint density at radius 3 is 1.70 bits per heavy atom. The molecule has 7 heteroatoms. The molecule has 0 radical (unpaired) electrons. The molecule has 0 amide bonds. The summed E-state index contributed by atoms with van der Waals surface area (Å²) in [5.74, 6) is 6.58. The van der Waals surface area contributed by atoms with Crippen molar-refractivity contribution < 1.29 is 24.5 Å². The van der Waals surface area contributed by atoms with Gasteiger partial charge >= 0.3 is 42.6 Å². The van der Waals surface area contributed by atoms with Gasteiger partial charge in [-0.1, -0.05) is 42.5 Å². The predicted molar refractivity (Wildman–Crippen MR) is 191 cm³/mol. The molecule has 1 N–H and O–H groups in total. The van der Waals surface area contributed by atoms with Crippen LogP contribution in [0.5, 0.6) is 11.5 Å². The zero-order valence-corrected chi connectivity index (χ0v) is 31.1. The summed E-state index contributed by atoms with van der Waals surface area (Å²) in [6.45, 7) is 0. The third-order valence-electron chi connectivity index (χ3n) is 13.0. The molecule has 0 saturated heterocycles. The van der Waals surface area contributed by atoms with Gasteiger partial charge in [0.25, 0.3) is 0 Å². The Kier molecular flexibility index (Phi) is 9.05. The Morgan fingerprint density at radius 2 is 1.17 bits per heavy atom. The van der Waals surface area contributed by atoms with Gasteiger partial charge in [-0.15, -0.1) is 0 Å². The summed E-state index contributed by atoms with van der Waals surface area (Å²) in [5.41, 5.74) is 7.16. The third-order valence-corrected chi connectivity index (χ3v) is 13.0. The van der Waals surface area contributed by atoms with E-state index >= 15 is 0 Å². The minimum atomic E-state index is -1.92. The van der Waals surface area contributed by atoms with Crippen LogP contribution in [-0.4, -0.2) is 18.4 Å². The average Bonchev–Trinajstić information content (AvgIpc) is 3.03. The Labute approximate surface area is 297 Å². The fourth-order valence-corrected chi connectivity index (χ4v) is 12.2. The minimum absolute atomic E-state index is 0.148. The van der Waals surface area contributed by atoms with Gasteiger partial charge in [-0.3, -0.25) is 4.99 Å². The number of benzene rings is 3. The molecule has 8 saturated carbocycles. The maximum absolute atomic E-state index is 12.2. The van der Waals surface area contributed by atoms with E-state index in [2.05, 4.69) is 48.5 Å². The van der Waals surface area contributed by atoms with Crippen molar-refractivity contribution in [2.75, 3.05) is 7.11 Å². The average molecular weight is 726 g/mol. The zero-order valence-electron chi connectivity index (χ0n) is 27.2. The Bertz CT molecular complexity index is 1600. The van der Waals surface area contributed by atoms with Crippen LogP contribution in [0, 0.1) is 35.5 Å². The van der Waals surface area contributed by atoms with Crippen LogP contribution in [0.15, 0.2) is 65.7 Å². The van der Waals surface area contributed by atoms with E-state index in [9.17, 15) is 5.11 Å². The molecule has 8 aliphatic carbocycles. The maximum atomic E-state index is 12.2. The molecular formula is C40H45Cl3NO2Ti. The molecule has 11 rings (SSSR count). The second-order valence-electron chi connectivity index (χ2n) is 16.0. The number of aliphatic imine (C=N–C) groups is 1. The van der Waals surface area contributed by atoms with Crippen LogP contribution in [0.3, 0.4) is 0 Å². The van der Waals surface area contributed by atoms with Crippen molar-refractivity contribution in [2.24, 2.45) is 40.5 Å². The molecular weight excluding hydrogens is 681 g/mol. The van der Waals surface area contributed by atoms with Gasteiger partial charge in [0.15, 0.2) is 0 Å². The van der Waals surface area contributed by atoms with Crippen LogP contribution in [0.1, 0.15) is 93.7 Å². The topological polar surface area (TPSA) is 41.8 Å². The molecule has 0 aromatic heterocycles. The Balaban J connectivity index is 0.000000769. The molecule has 47 heavy (non-hydrogen) atoms. The summed E-state index contributed by atoms with van der Waals surface area (Å²) < 4.78 is 5.71. The first kappa shape index (κ1) is 32.7. The summed E-state index contributed by atoms with van der Waals surface area (Å²) in [6.07, 6.45) is 18.4. The van der Waals surface area contributed by atoms with E-state index in [0.717, 1.165) is 63.6 Å². The van der Waals surface area contributed by atoms with Gasteiger partial charge in [-0.25, -0.2) is 0 Å². The first-order chi connectivity index (χ1) is 22.7. The van der Waals surface area contributed by atoms with Gasteiger partial charge < -0.3 is 9.84 Å². The molecule has 0 unspecified atom stereocenters. The van der Waals surface area contributed by atoms with E-state index in [4.69, 9.17) is 37.6 Å². The number of aromatic hydroxyl groups is 1. The summed E-state index contributed by atoms with van der Waals surface area (Å²) in [6, 6.07) is 21.4. The molecule has 3 aromatic rings. The number of methoxy groups -OCH3 is 1. The van der Waals surface area contributed by atoms with Crippen molar-refractivity contribution in [1.29, 1.82) is 0 Å². The van der Waals surface area contributed by atoms with Crippen LogP contribution in [0.2, 0.25) is 0 Å². The van der Waals surface area contributed by atoms with E-state index in [1.807, 2.05) is 18.3 Å². The van der Waals surface area contributed by atoms with Crippen molar-refractivity contribution in [1.82, 2.24) is 0 Å². The second-order valence-corrected chi connectivity index (χ2v) is 23.8. The van der Waals surface area contributed by atoms with Crippen LogP contribution in [0.25, 0.3) is 11.1 Å². The van der Waals surface area contributed by atoms with Gasteiger partial charge in [0.2, 0.25) is 0 Å². The summed E-state index contributed by atoms with van der Waals surface area (Å²) in [5, 5.41) is 12.2. The Hall–Kier alpha value is -1.49. The quantitative estimate of drug-likeness (QED) is 0.203. The molecule has 8 bridgehead atoms. The van der Waals surface area contributed by atoms with E-state index in [-0.39, 0.29) is 10.8 Å². The number of halogens is 3. The SMILES string of the molecule is COc1ccccc1-c1ccccc1N=Cc1cc(C23CC4CC(CC(C4)C2)C3)cc(C23CC4CC(CC(C4)C2)C3)c1O.[Cl][Ti]([Cl])[Cl]. The number of hydrogen-bond acceptors (Lipinski definition) is 3.